The fourth-order valence-corrected chi connectivity index (χ4v) is 6.89. The van der Waals surface area contributed by atoms with E-state index in [1.165, 1.54) is 12.1 Å². The fraction of sp³-hybridized carbons (Fsp3) is 0.295. The highest BCUT2D eigenvalue weighted by Crippen LogP contribution is 2.31. The minimum absolute atomic E-state index is 0.0655. The van der Waals surface area contributed by atoms with Crippen LogP contribution in [0.15, 0.2) is 95.8 Å². The normalized spacial score (nSPS) is 13.6. The molecule has 0 unspecified atom stereocenters. The number of amides is 2. The predicted octanol–water partition coefficient (Wildman–Crippen LogP) is 7.99. The molecule has 0 spiro atoms. The third kappa shape index (κ3) is 15.8. The lowest BCUT2D eigenvalue weighted by molar-refractivity contribution is -0.193. The summed E-state index contributed by atoms with van der Waals surface area (Å²) >= 11 is 6.60. The lowest BCUT2D eigenvalue weighted by atomic mass is 10.0. The van der Waals surface area contributed by atoms with Gasteiger partial charge in [-0.15, -0.1) is 0 Å². The number of nitrogens with one attached hydrogen (secondary N) is 4. The number of ether oxygens (including phenoxy) is 1. The van der Waals surface area contributed by atoms with Crippen molar-refractivity contribution in [2.45, 2.75) is 57.3 Å². The highest BCUT2D eigenvalue weighted by molar-refractivity contribution is 6.34. The molecule has 1 atom stereocenters. The molecule has 0 bridgehead atoms. The number of benzene rings is 4. The minimum Gasteiger partial charge on any atom is -0.506 e. The third-order valence-electron chi connectivity index (χ3n) is 9.74. The summed E-state index contributed by atoms with van der Waals surface area (Å²) in [5.74, 6) is -5.72. The number of nitrogens with zero attached hydrogens (tertiary/aromatic N) is 1. The van der Waals surface area contributed by atoms with Crippen molar-refractivity contribution >= 4 is 57.8 Å². The maximum Gasteiger partial charge on any atom is 0.490 e. The molecule has 15 nitrogen and oxygen atoms in total. The number of anilines is 2. The summed E-state index contributed by atoms with van der Waals surface area (Å²) in [5, 5.41) is 45.3. The van der Waals surface area contributed by atoms with Crippen LogP contribution in [0.5, 0.6) is 5.75 Å². The van der Waals surface area contributed by atoms with Gasteiger partial charge in [-0.3, -0.25) is 14.9 Å². The molecule has 4 aromatic carbocycles. The number of para-hydroxylation sites is 1. The number of carbonyl (C=O) groups excluding carboxylic acids is 2. The highest BCUT2D eigenvalue weighted by Gasteiger charge is 2.39. The van der Waals surface area contributed by atoms with E-state index in [4.69, 9.17) is 36.1 Å². The zero-order valence-electron chi connectivity index (χ0n) is 34.8. The Balaban J connectivity index is 0.000000590. The van der Waals surface area contributed by atoms with E-state index in [2.05, 4.69) is 25.8 Å². The first-order valence-electron chi connectivity index (χ1n) is 19.8. The number of aromatic amines is 1. The molecule has 5 aromatic rings. The van der Waals surface area contributed by atoms with Crippen molar-refractivity contribution in [3.8, 4) is 16.9 Å². The van der Waals surface area contributed by atoms with Crippen LogP contribution in [0, 0.1) is 6.92 Å². The van der Waals surface area contributed by atoms with Crippen LogP contribution in [0.25, 0.3) is 22.0 Å². The maximum absolute atomic E-state index is 12.9. The van der Waals surface area contributed by atoms with Crippen LogP contribution in [-0.4, -0.2) is 98.9 Å². The van der Waals surface area contributed by atoms with Gasteiger partial charge in [-0.1, -0.05) is 72.3 Å². The quantitative estimate of drug-likeness (QED) is 0.0557. The second kappa shape index (κ2) is 23.5. The number of aliphatic carboxylic acids is 2. The zero-order chi connectivity index (χ0) is 48.8. The van der Waals surface area contributed by atoms with E-state index in [1.54, 1.807) is 18.2 Å². The number of alkyl halides is 6. The van der Waals surface area contributed by atoms with Gasteiger partial charge in [0.25, 0.3) is 0 Å². The summed E-state index contributed by atoms with van der Waals surface area (Å²) in [6, 6.07) is 27.2. The Morgan fingerprint density at radius 1 is 0.864 bits per heavy atom. The summed E-state index contributed by atoms with van der Waals surface area (Å²) in [6.45, 7) is 4.51. The van der Waals surface area contributed by atoms with E-state index < -0.39 is 36.5 Å². The molecule has 1 saturated heterocycles. The molecule has 1 fully saturated rings. The topological polar surface area (TPSA) is 231 Å². The second-order valence-corrected chi connectivity index (χ2v) is 15.0. The molecule has 1 aromatic heterocycles. The molecule has 6 rings (SSSR count). The summed E-state index contributed by atoms with van der Waals surface area (Å²) in [6.07, 6.45) is -10.1. The van der Waals surface area contributed by atoms with Crippen LogP contribution in [-0.2, 0) is 25.7 Å². The summed E-state index contributed by atoms with van der Waals surface area (Å²) in [5.41, 5.74) is 5.40. The van der Waals surface area contributed by atoms with Crippen LogP contribution >= 0.6 is 11.6 Å². The van der Waals surface area contributed by atoms with Gasteiger partial charge in [0.15, 0.2) is 0 Å². The molecule has 22 heteroatoms. The number of phenolic OH excluding ortho intramolecular Hbond substituents is 1. The van der Waals surface area contributed by atoms with E-state index >= 15 is 0 Å². The summed E-state index contributed by atoms with van der Waals surface area (Å²) in [4.78, 5) is 60.0. The van der Waals surface area contributed by atoms with Crippen molar-refractivity contribution in [1.29, 1.82) is 0 Å². The average molecular weight is 952 g/mol. The number of aromatic hydroxyl groups is 1. The number of aliphatic hydroxyl groups is 1. The fourth-order valence-electron chi connectivity index (χ4n) is 6.55. The van der Waals surface area contributed by atoms with Gasteiger partial charge in [0.2, 0.25) is 11.5 Å². The van der Waals surface area contributed by atoms with E-state index in [0.717, 1.165) is 22.3 Å². The van der Waals surface area contributed by atoms with Gasteiger partial charge in [-0.25, -0.2) is 14.4 Å². The number of halogens is 7. The molecule has 354 valence electrons. The molecule has 8 N–H and O–H groups in total. The number of carboxylic acid groups (broad SMARTS) is 2. The first-order valence-corrected chi connectivity index (χ1v) is 20.2. The van der Waals surface area contributed by atoms with Crippen molar-refractivity contribution < 1.29 is 70.7 Å². The average Bonchev–Trinajstić information content (AvgIpc) is 3.25. The van der Waals surface area contributed by atoms with Crippen LogP contribution < -0.4 is 21.5 Å². The van der Waals surface area contributed by atoms with Crippen LogP contribution in [0.3, 0.4) is 0 Å². The minimum atomic E-state index is -5.08. The SMILES string of the molecule is Cc1cc(CNC[C@H](O)c2ccc(O)c3[nH]c(=O)ccc23)cc(Cl)c1NC(=O)CCN1CCC(OC(=O)Nc2ccccc2-c2ccccc2)CC1.O=C(O)C(F)(F)F.O=C(O)C(F)(F)F. The van der Waals surface area contributed by atoms with Crippen molar-refractivity contribution in [1.82, 2.24) is 15.2 Å². The van der Waals surface area contributed by atoms with E-state index in [9.17, 15) is 50.9 Å². The molecule has 66 heavy (non-hydrogen) atoms. The number of aliphatic hydroxyl groups excluding tert-OH is 1. The van der Waals surface area contributed by atoms with E-state index in [1.807, 2.05) is 67.6 Å². The number of pyridine rings is 1. The van der Waals surface area contributed by atoms with E-state index in [-0.39, 0.29) is 35.4 Å². The maximum atomic E-state index is 12.9. The number of hydrogen-bond donors (Lipinski definition) is 8. The third-order valence-corrected chi connectivity index (χ3v) is 10.0. The van der Waals surface area contributed by atoms with Gasteiger partial charge in [-0.05, 0) is 66.3 Å². The predicted molar refractivity (Wildman–Crippen MR) is 231 cm³/mol. The molecular weight excluding hydrogens is 908 g/mol. The van der Waals surface area contributed by atoms with Gasteiger partial charge in [-0.2, -0.15) is 26.3 Å². The number of rotatable bonds is 12. The van der Waals surface area contributed by atoms with Gasteiger partial charge < -0.3 is 45.7 Å². The highest BCUT2D eigenvalue weighted by atomic mass is 35.5. The number of piperidine rings is 1. The van der Waals surface area contributed by atoms with E-state index in [0.29, 0.717) is 72.8 Å². The number of carbonyl (C=O) groups is 4. The first-order chi connectivity index (χ1) is 31.0. The zero-order valence-corrected chi connectivity index (χ0v) is 35.6. The number of likely N-dealkylation sites (tertiary alicyclic amines) is 1. The summed E-state index contributed by atoms with van der Waals surface area (Å²) in [7, 11) is 0. The monoisotopic (exact) mass is 951 g/mol. The van der Waals surface area contributed by atoms with Crippen molar-refractivity contribution in [3.63, 3.8) is 0 Å². The molecule has 1 aliphatic rings. The Kier molecular flexibility index (Phi) is 18.5. The molecule has 0 saturated carbocycles. The van der Waals surface area contributed by atoms with Crippen LogP contribution in [0.2, 0.25) is 5.02 Å². The molecule has 1 aliphatic heterocycles. The number of aromatic nitrogens is 1. The van der Waals surface area contributed by atoms with Crippen molar-refractivity contribution in [2.24, 2.45) is 0 Å². The molecule has 2 amide bonds. The Hall–Kier alpha value is -6.68. The Bertz CT molecular complexity index is 2490. The molecule has 0 radical (unpaired) electrons. The van der Waals surface area contributed by atoms with Crippen LogP contribution in [0.1, 0.15) is 42.1 Å². The Morgan fingerprint density at radius 3 is 2.08 bits per heavy atom. The first kappa shape index (κ1) is 51.9. The number of phenols is 1. The molecular formula is C44H44ClF6N5O10. The number of aryl methyl sites for hydroxylation is 1. The second-order valence-electron chi connectivity index (χ2n) is 14.6. The van der Waals surface area contributed by atoms with Crippen molar-refractivity contribution in [3.05, 3.63) is 123 Å². The smallest absolute Gasteiger partial charge is 0.490 e. The van der Waals surface area contributed by atoms with Gasteiger partial charge >= 0.3 is 30.4 Å². The number of hydrogen-bond acceptors (Lipinski definition) is 10. The molecule has 0 aliphatic carbocycles. The van der Waals surface area contributed by atoms with Gasteiger partial charge in [0.05, 0.1) is 28.0 Å². The van der Waals surface area contributed by atoms with Gasteiger partial charge in [0, 0.05) is 56.2 Å². The van der Waals surface area contributed by atoms with Crippen LogP contribution in [0.4, 0.5) is 42.5 Å². The number of fused-ring (bicyclic) bond motifs is 1. The van der Waals surface area contributed by atoms with Gasteiger partial charge in [0.1, 0.15) is 11.9 Å². The number of H-pyrrole nitrogens is 1. The summed E-state index contributed by atoms with van der Waals surface area (Å²) < 4.78 is 69.2. The lowest BCUT2D eigenvalue weighted by Crippen LogP contribution is -2.39. The standard InChI is InChI=1S/C40H42ClN5O6.2C2HF3O2/c1-25-21-26(23-42-24-35(48)30-11-13-34(47)39-31(30)12-14-36(49)45-39)22-32(41)38(25)44-37(50)17-20-46-18-15-28(16-19-46)52-40(51)43-33-10-6-5-9-29(33)27-7-3-2-4-8-27;2*3-2(4,5)1(6)7/h2-14,21-22,28,35,42,47-48H,15-20,23-24H2,1H3,(H,43,51)(H,44,50)(H,45,49);2*(H,6,7)/t35-;;/m0../s1. The largest absolute Gasteiger partial charge is 0.506 e. The lowest BCUT2D eigenvalue weighted by Gasteiger charge is -2.31. The molecule has 2 heterocycles. The van der Waals surface area contributed by atoms with Crippen molar-refractivity contribution in [2.75, 3.05) is 36.8 Å². The Morgan fingerprint density at radius 2 is 1.47 bits per heavy atom. The Labute approximate surface area is 377 Å². The number of carboxylic acids is 2.